The van der Waals surface area contributed by atoms with Gasteiger partial charge in [-0.25, -0.2) is 27.2 Å². The van der Waals surface area contributed by atoms with E-state index in [9.17, 15) is 35.2 Å². The zero-order chi connectivity index (χ0) is 29.2. The third kappa shape index (κ3) is 8.52. The second-order valence-corrected chi connectivity index (χ2v) is 10.0. The van der Waals surface area contributed by atoms with E-state index in [-0.39, 0.29) is 28.7 Å². The number of nitrogens with one attached hydrogen (secondary N) is 1. The number of amides is 1. The Morgan fingerprint density at radius 2 is 1.72 bits per heavy atom. The Balaban J connectivity index is 0.000000265. The monoisotopic (exact) mass is 572 g/mol. The summed E-state index contributed by atoms with van der Waals surface area (Å²) in [5.41, 5.74) is -0.425. The van der Waals surface area contributed by atoms with Crippen LogP contribution in [0.15, 0.2) is 59.8 Å². The number of alkyl halides is 3. The Morgan fingerprint density at radius 1 is 1.05 bits per heavy atom. The largest absolute Gasteiger partial charge is 0.419 e. The Labute approximate surface area is 224 Å². The molecule has 1 aromatic heterocycles. The lowest BCUT2D eigenvalue weighted by Crippen LogP contribution is -2.33. The molecular formula is C26H29F5N4O3S. The number of benzene rings is 2. The van der Waals surface area contributed by atoms with E-state index in [4.69, 9.17) is 0 Å². The van der Waals surface area contributed by atoms with Gasteiger partial charge in [0, 0.05) is 18.2 Å². The predicted octanol–water partition coefficient (Wildman–Crippen LogP) is 5.57. The van der Waals surface area contributed by atoms with Gasteiger partial charge in [-0.1, -0.05) is 19.9 Å². The number of aromatic nitrogens is 2. The first-order chi connectivity index (χ1) is 18.4. The molecule has 1 N–H and O–H groups in total. The van der Waals surface area contributed by atoms with Crippen LogP contribution in [-0.2, 0) is 27.5 Å². The molecule has 7 nitrogen and oxygen atoms in total. The summed E-state index contributed by atoms with van der Waals surface area (Å²) in [4.78, 5) is 18.1. The maximum absolute atomic E-state index is 13.5. The molecule has 0 saturated carbocycles. The fraction of sp³-hybridized carbons (Fsp3) is 0.346. The van der Waals surface area contributed by atoms with Crippen LogP contribution in [0.4, 0.5) is 22.0 Å². The summed E-state index contributed by atoms with van der Waals surface area (Å²) in [6.45, 7) is 6.59. The van der Waals surface area contributed by atoms with Crippen LogP contribution in [0.1, 0.15) is 44.9 Å². The summed E-state index contributed by atoms with van der Waals surface area (Å²) in [7, 11) is -3.44. The highest BCUT2D eigenvalue weighted by molar-refractivity contribution is 7.89. The van der Waals surface area contributed by atoms with Gasteiger partial charge < -0.3 is 5.32 Å². The van der Waals surface area contributed by atoms with Crippen molar-refractivity contribution >= 4 is 16.4 Å². The van der Waals surface area contributed by atoms with Gasteiger partial charge in [-0.2, -0.15) is 17.5 Å². The van der Waals surface area contributed by atoms with Gasteiger partial charge in [0.25, 0.3) is 0 Å². The van der Waals surface area contributed by atoms with Crippen LogP contribution in [0.2, 0.25) is 0 Å². The van der Waals surface area contributed by atoms with Crippen LogP contribution in [0, 0.1) is 11.6 Å². The van der Waals surface area contributed by atoms with Crippen molar-refractivity contribution < 1.29 is 35.2 Å². The van der Waals surface area contributed by atoms with E-state index in [0.717, 1.165) is 25.0 Å². The van der Waals surface area contributed by atoms with Crippen molar-refractivity contribution in [2.45, 2.75) is 57.3 Å². The van der Waals surface area contributed by atoms with Crippen molar-refractivity contribution in [3.05, 3.63) is 77.8 Å². The molecule has 212 valence electrons. The molecule has 0 spiro atoms. The number of halogens is 5. The van der Waals surface area contributed by atoms with Crippen molar-refractivity contribution in [3.63, 3.8) is 0 Å². The molecule has 2 aromatic carbocycles. The van der Waals surface area contributed by atoms with Crippen molar-refractivity contribution in [3.8, 4) is 11.3 Å². The van der Waals surface area contributed by atoms with Gasteiger partial charge in [-0.05, 0) is 62.2 Å². The van der Waals surface area contributed by atoms with Crippen molar-refractivity contribution in [2.24, 2.45) is 0 Å². The summed E-state index contributed by atoms with van der Waals surface area (Å²) in [5.74, 6) is -1.79. The van der Waals surface area contributed by atoms with E-state index in [1.165, 1.54) is 41.0 Å². The molecule has 2 heterocycles. The van der Waals surface area contributed by atoms with E-state index >= 15 is 0 Å². The van der Waals surface area contributed by atoms with Crippen molar-refractivity contribution in [1.82, 2.24) is 19.6 Å². The maximum atomic E-state index is 13.5. The molecule has 1 saturated heterocycles. The molecule has 1 aliphatic heterocycles. The van der Waals surface area contributed by atoms with Gasteiger partial charge in [0.1, 0.15) is 18.0 Å². The molecule has 0 radical (unpaired) electrons. The molecule has 4 rings (SSSR count). The summed E-state index contributed by atoms with van der Waals surface area (Å²) >= 11 is 0. The third-order valence-electron chi connectivity index (χ3n) is 5.57. The van der Waals surface area contributed by atoms with Gasteiger partial charge in [-0.3, -0.25) is 4.79 Å². The number of carbonyl (C=O) groups is 1. The van der Waals surface area contributed by atoms with Crippen LogP contribution in [0.5, 0.6) is 0 Å². The van der Waals surface area contributed by atoms with Crippen molar-refractivity contribution in [1.29, 1.82) is 0 Å². The highest BCUT2D eigenvalue weighted by atomic mass is 32.2. The van der Waals surface area contributed by atoms with Gasteiger partial charge in [0.15, 0.2) is 0 Å². The molecule has 1 atom stereocenters. The molecule has 0 unspecified atom stereocenters. The maximum Gasteiger partial charge on any atom is 0.419 e. The normalized spacial score (nSPS) is 15.4. The molecule has 13 heteroatoms. The van der Waals surface area contributed by atoms with E-state index < -0.39 is 33.4 Å². The molecular weight excluding hydrogens is 543 g/mol. The van der Waals surface area contributed by atoms with E-state index in [0.29, 0.717) is 24.7 Å². The first kappa shape index (κ1) is 31.8. The molecule has 0 bridgehead atoms. The minimum atomic E-state index is -4.74. The summed E-state index contributed by atoms with van der Waals surface area (Å²) in [6.07, 6.45) is -1.29. The molecule has 1 aliphatic rings. The topological polar surface area (TPSA) is 92.3 Å². The quantitative estimate of drug-likeness (QED) is 0.308. The molecule has 1 fully saturated rings. The molecule has 1 amide bonds. The average Bonchev–Trinajstić information content (AvgIpc) is 3.35. The summed E-state index contributed by atoms with van der Waals surface area (Å²) in [5, 5.41) is 2.39. The lowest BCUT2D eigenvalue weighted by Gasteiger charge is -2.20. The van der Waals surface area contributed by atoms with Crippen LogP contribution < -0.4 is 5.32 Å². The van der Waals surface area contributed by atoms with Crippen LogP contribution in [0.3, 0.4) is 0 Å². The number of carbonyl (C=O) groups excluding carboxylic acids is 1. The fourth-order valence-corrected chi connectivity index (χ4v) is 5.41. The standard InChI is InChI=1S/C13H9F4N3O.C11H14FNO2S.C2H6/c14-11-3-8(1-2-10(11)13(15,16)17)12-4-9(5-18-7-21)19-6-20-12;1-9-3-2-8-13(9)16(14,15)11-6-4-10(12)5-7-11;1-2/h1-4,6-7H,5H2,(H,18,21);4-7,9H,2-3,8H2,1H3;1-2H3/t;9-;/m.1./s1. The smallest absolute Gasteiger partial charge is 0.353 e. The lowest BCUT2D eigenvalue weighted by atomic mass is 10.1. The highest BCUT2D eigenvalue weighted by Crippen LogP contribution is 2.33. The third-order valence-corrected chi connectivity index (χ3v) is 7.60. The number of rotatable bonds is 6. The Kier molecular flexibility index (Phi) is 11.5. The Bertz CT molecular complexity index is 1340. The number of sulfonamides is 1. The van der Waals surface area contributed by atoms with Crippen LogP contribution in [-0.4, -0.2) is 41.7 Å². The minimum absolute atomic E-state index is 0.0371. The minimum Gasteiger partial charge on any atom is -0.353 e. The Morgan fingerprint density at radius 3 is 2.26 bits per heavy atom. The second kappa shape index (κ2) is 14.1. The molecule has 3 aromatic rings. The summed E-state index contributed by atoms with van der Waals surface area (Å²) < 4.78 is 89.5. The first-order valence-corrected chi connectivity index (χ1v) is 13.5. The van der Waals surface area contributed by atoms with Gasteiger partial charge in [0.2, 0.25) is 16.4 Å². The first-order valence-electron chi connectivity index (χ1n) is 12.1. The van der Waals surface area contributed by atoms with E-state index in [1.54, 1.807) is 0 Å². The van der Waals surface area contributed by atoms with Crippen LogP contribution >= 0.6 is 0 Å². The van der Waals surface area contributed by atoms with E-state index in [1.807, 2.05) is 20.8 Å². The van der Waals surface area contributed by atoms with E-state index in [2.05, 4.69) is 15.3 Å². The highest BCUT2D eigenvalue weighted by Gasteiger charge is 2.34. The zero-order valence-corrected chi connectivity index (χ0v) is 22.4. The number of hydrogen-bond acceptors (Lipinski definition) is 5. The molecule has 39 heavy (non-hydrogen) atoms. The second-order valence-electron chi connectivity index (χ2n) is 8.15. The Hall–Kier alpha value is -3.45. The van der Waals surface area contributed by atoms with Crippen LogP contribution in [0.25, 0.3) is 11.3 Å². The van der Waals surface area contributed by atoms with Gasteiger partial charge in [0.05, 0.1) is 28.4 Å². The van der Waals surface area contributed by atoms with Crippen molar-refractivity contribution in [2.75, 3.05) is 6.54 Å². The van der Waals surface area contributed by atoms with Gasteiger partial charge >= 0.3 is 6.18 Å². The molecule has 0 aliphatic carbocycles. The SMILES string of the molecule is CC.C[C@@H]1CCCN1S(=O)(=O)c1ccc(F)cc1.O=CNCc1cc(-c2ccc(C(F)(F)F)c(F)c2)ncn1. The van der Waals surface area contributed by atoms with Gasteiger partial charge in [-0.15, -0.1) is 0 Å². The lowest BCUT2D eigenvalue weighted by molar-refractivity contribution is -0.140. The fourth-order valence-electron chi connectivity index (χ4n) is 3.71. The number of nitrogens with zero attached hydrogens (tertiary/aromatic N) is 3. The number of hydrogen-bond donors (Lipinski definition) is 1. The predicted molar refractivity (Wildman–Crippen MR) is 136 cm³/mol. The average molecular weight is 573 g/mol. The summed E-state index contributed by atoms with van der Waals surface area (Å²) in [6, 6.07) is 9.03. The zero-order valence-electron chi connectivity index (χ0n) is 21.5.